The number of sulfone groups is 1. The quantitative estimate of drug-likeness (QED) is 0.785. The van der Waals surface area contributed by atoms with Gasteiger partial charge in [-0.3, -0.25) is 4.79 Å². The lowest BCUT2D eigenvalue weighted by Gasteiger charge is -2.25. The Morgan fingerprint density at radius 2 is 1.80 bits per heavy atom. The molecule has 2 fully saturated rings. The molecule has 2 aliphatic rings. The van der Waals surface area contributed by atoms with E-state index in [0.717, 1.165) is 12.8 Å². The highest BCUT2D eigenvalue weighted by Gasteiger charge is 2.32. The molecule has 1 amide bonds. The molecule has 0 aromatic carbocycles. The van der Waals surface area contributed by atoms with Crippen LogP contribution < -0.4 is 5.32 Å². The second kappa shape index (κ2) is 6.89. The molecule has 20 heavy (non-hydrogen) atoms. The SMILES string of the molecule is CN(C(=O)CNC1CCCCCC1)C1CCS(=O)(=O)C1. The van der Waals surface area contributed by atoms with Crippen molar-refractivity contribution in [2.45, 2.75) is 57.0 Å². The van der Waals surface area contributed by atoms with Crippen LogP contribution in [0.1, 0.15) is 44.9 Å². The van der Waals surface area contributed by atoms with Crippen molar-refractivity contribution in [2.75, 3.05) is 25.1 Å². The summed E-state index contributed by atoms with van der Waals surface area (Å²) in [6.45, 7) is 0.331. The molecule has 1 N–H and O–H groups in total. The lowest BCUT2D eigenvalue weighted by molar-refractivity contribution is -0.130. The summed E-state index contributed by atoms with van der Waals surface area (Å²) < 4.78 is 22.9. The lowest BCUT2D eigenvalue weighted by atomic mass is 10.1. The molecule has 1 aliphatic heterocycles. The summed E-state index contributed by atoms with van der Waals surface area (Å²) in [5.41, 5.74) is 0. The fourth-order valence-electron chi connectivity index (χ4n) is 3.12. The monoisotopic (exact) mass is 302 g/mol. The molecule has 1 heterocycles. The summed E-state index contributed by atoms with van der Waals surface area (Å²) >= 11 is 0. The molecule has 2 rings (SSSR count). The lowest BCUT2D eigenvalue weighted by Crippen LogP contribution is -2.44. The van der Waals surface area contributed by atoms with Gasteiger partial charge in [-0.2, -0.15) is 0 Å². The Morgan fingerprint density at radius 1 is 1.15 bits per heavy atom. The van der Waals surface area contributed by atoms with Crippen molar-refractivity contribution in [1.82, 2.24) is 10.2 Å². The van der Waals surface area contributed by atoms with Gasteiger partial charge in [0.2, 0.25) is 5.91 Å². The Hall–Kier alpha value is -0.620. The molecule has 1 saturated heterocycles. The second-order valence-corrected chi connectivity index (χ2v) is 8.36. The van der Waals surface area contributed by atoms with Gasteiger partial charge in [0.05, 0.1) is 18.1 Å². The minimum atomic E-state index is -2.93. The standard InChI is InChI=1S/C14H26N2O3S/c1-16(13-8-9-20(18,19)11-13)14(17)10-15-12-6-4-2-3-5-7-12/h12-13,15H,2-11H2,1H3. The van der Waals surface area contributed by atoms with E-state index in [1.165, 1.54) is 25.7 Å². The first-order valence-electron chi connectivity index (χ1n) is 7.67. The van der Waals surface area contributed by atoms with Crippen LogP contribution in [-0.4, -0.2) is 56.4 Å². The van der Waals surface area contributed by atoms with E-state index in [-0.39, 0.29) is 23.5 Å². The average molecular weight is 302 g/mol. The molecular weight excluding hydrogens is 276 g/mol. The van der Waals surface area contributed by atoms with E-state index in [1.807, 2.05) is 0 Å². The molecule has 1 aliphatic carbocycles. The maximum atomic E-state index is 12.1. The molecule has 0 aromatic heterocycles. The highest BCUT2D eigenvalue weighted by atomic mass is 32.2. The molecular formula is C14H26N2O3S. The largest absolute Gasteiger partial charge is 0.341 e. The van der Waals surface area contributed by atoms with Crippen LogP contribution in [0.3, 0.4) is 0 Å². The predicted octanol–water partition coefficient (Wildman–Crippen LogP) is 0.944. The van der Waals surface area contributed by atoms with Crippen LogP contribution >= 0.6 is 0 Å². The van der Waals surface area contributed by atoms with E-state index >= 15 is 0 Å². The molecule has 5 nitrogen and oxygen atoms in total. The summed E-state index contributed by atoms with van der Waals surface area (Å²) in [7, 11) is -1.20. The van der Waals surface area contributed by atoms with Gasteiger partial charge in [0, 0.05) is 19.1 Å². The van der Waals surface area contributed by atoms with Gasteiger partial charge in [-0.25, -0.2) is 8.42 Å². The normalized spacial score (nSPS) is 27.1. The van der Waals surface area contributed by atoms with Crippen molar-refractivity contribution in [3.05, 3.63) is 0 Å². The Balaban J connectivity index is 1.76. The maximum Gasteiger partial charge on any atom is 0.236 e. The van der Waals surface area contributed by atoms with Crippen LogP contribution in [0.4, 0.5) is 0 Å². The molecule has 0 spiro atoms. The van der Waals surface area contributed by atoms with Gasteiger partial charge in [0.15, 0.2) is 9.84 Å². The number of likely N-dealkylation sites (N-methyl/N-ethyl adjacent to an activating group) is 1. The fourth-order valence-corrected chi connectivity index (χ4v) is 4.90. The summed E-state index contributed by atoms with van der Waals surface area (Å²) in [6.07, 6.45) is 7.95. The molecule has 0 aromatic rings. The number of carbonyl (C=O) groups excluding carboxylic acids is 1. The minimum absolute atomic E-state index is 0.0105. The van der Waals surface area contributed by atoms with Crippen molar-refractivity contribution >= 4 is 15.7 Å². The van der Waals surface area contributed by atoms with Gasteiger partial charge >= 0.3 is 0 Å². The highest BCUT2D eigenvalue weighted by molar-refractivity contribution is 7.91. The number of nitrogens with zero attached hydrogens (tertiary/aromatic N) is 1. The van der Waals surface area contributed by atoms with Crippen molar-refractivity contribution in [3.63, 3.8) is 0 Å². The zero-order valence-electron chi connectivity index (χ0n) is 12.3. The van der Waals surface area contributed by atoms with E-state index in [9.17, 15) is 13.2 Å². The summed E-state index contributed by atoms with van der Waals surface area (Å²) in [5, 5.41) is 3.35. The average Bonchev–Trinajstić information content (AvgIpc) is 2.64. The van der Waals surface area contributed by atoms with Crippen LogP contribution in [0.15, 0.2) is 0 Å². The summed E-state index contributed by atoms with van der Waals surface area (Å²) in [5.74, 6) is 0.348. The number of hydrogen-bond acceptors (Lipinski definition) is 4. The third-order valence-electron chi connectivity index (χ3n) is 4.55. The van der Waals surface area contributed by atoms with Gasteiger partial charge in [-0.05, 0) is 19.3 Å². The van der Waals surface area contributed by atoms with Gasteiger partial charge < -0.3 is 10.2 Å². The number of carbonyl (C=O) groups is 1. The zero-order chi connectivity index (χ0) is 14.6. The third-order valence-corrected chi connectivity index (χ3v) is 6.30. The second-order valence-electron chi connectivity index (χ2n) is 6.13. The van der Waals surface area contributed by atoms with Crippen molar-refractivity contribution in [2.24, 2.45) is 0 Å². The smallest absolute Gasteiger partial charge is 0.236 e. The Bertz CT molecular complexity index is 428. The number of nitrogens with one attached hydrogen (secondary N) is 1. The van der Waals surface area contributed by atoms with E-state index in [0.29, 0.717) is 19.0 Å². The van der Waals surface area contributed by atoms with Crippen LogP contribution in [0.5, 0.6) is 0 Å². The molecule has 1 unspecified atom stereocenters. The third kappa shape index (κ3) is 4.45. The first kappa shape index (κ1) is 15.8. The first-order valence-corrected chi connectivity index (χ1v) is 9.49. The fraction of sp³-hybridized carbons (Fsp3) is 0.929. The summed E-state index contributed by atoms with van der Waals surface area (Å²) in [4.78, 5) is 13.8. The Kier molecular flexibility index (Phi) is 5.43. The van der Waals surface area contributed by atoms with Gasteiger partial charge in [-0.15, -0.1) is 0 Å². The van der Waals surface area contributed by atoms with E-state index < -0.39 is 9.84 Å². The summed E-state index contributed by atoms with van der Waals surface area (Å²) in [6, 6.07) is 0.311. The highest BCUT2D eigenvalue weighted by Crippen LogP contribution is 2.18. The van der Waals surface area contributed by atoms with Crippen molar-refractivity contribution in [1.29, 1.82) is 0 Å². The molecule has 1 saturated carbocycles. The van der Waals surface area contributed by atoms with Crippen LogP contribution in [0, 0.1) is 0 Å². The Morgan fingerprint density at radius 3 is 2.35 bits per heavy atom. The van der Waals surface area contributed by atoms with E-state index in [1.54, 1.807) is 11.9 Å². The van der Waals surface area contributed by atoms with Gasteiger partial charge in [0.25, 0.3) is 0 Å². The van der Waals surface area contributed by atoms with Crippen LogP contribution in [0.2, 0.25) is 0 Å². The van der Waals surface area contributed by atoms with E-state index in [2.05, 4.69) is 5.32 Å². The minimum Gasteiger partial charge on any atom is -0.341 e. The van der Waals surface area contributed by atoms with Crippen LogP contribution in [-0.2, 0) is 14.6 Å². The first-order chi connectivity index (χ1) is 9.48. The molecule has 116 valence electrons. The molecule has 6 heteroatoms. The predicted molar refractivity (Wildman–Crippen MR) is 79.3 cm³/mol. The zero-order valence-corrected chi connectivity index (χ0v) is 13.1. The topological polar surface area (TPSA) is 66.5 Å². The van der Waals surface area contributed by atoms with Crippen molar-refractivity contribution in [3.8, 4) is 0 Å². The van der Waals surface area contributed by atoms with E-state index in [4.69, 9.17) is 0 Å². The number of rotatable bonds is 4. The van der Waals surface area contributed by atoms with Gasteiger partial charge in [0.1, 0.15) is 0 Å². The molecule has 0 radical (unpaired) electrons. The van der Waals surface area contributed by atoms with Crippen LogP contribution in [0.25, 0.3) is 0 Å². The van der Waals surface area contributed by atoms with Gasteiger partial charge in [-0.1, -0.05) is 25.7 Å². The maximum absolute atomic E-state index is 12.1. The molecule has 1 atom stereocenters. The molecule has 0 bridgehead atoms. The number of amides is 1. The number of hydrogen-bond donors (Lipinski definition) is 1. The van der Waals surface area contributed by atoms with Crippen molar-refractivity contribution < 1.29 is 13.2 Å². The Labute approximate surface area is 122 Å².